The molecule has 7 nitrogen and oxygen atoms in total. The van der Waals surface area contributed by atoms with Crippen LogP contribution < -0.4 is 5.32 Å². The van der Waals surface area contributed by atoms with Crippen LogP contribution in [0.5, 0.6) is 0 Å². The Morgan fingerprint density at radius 3 is 3.31 bits per heavy atom. The fourth-order valence-corrected chi connectivity index (χ4v) is 1.05. The van der Waals surface area contributed by atoms with Gasteiger partial charge in [0.2, 0.25) is 0 Å². The van der Waals surface area contributed by atoms with Gasteiger partial charge in [-0.2, -0.15) is 0 Å². The third-order valence-electron chi connectivity index (χ3n) is 1.15. The first kappa shape index (κ1) is 9.43. The molecule has 1 heterocycles. The van der Waals surface area contributed by atoms with Crippen LogP contribution in [-0.2, 0) is 0 Å². The highest BCUT2D eigenvalue weighted by molar-refractivity contribution is 7.07. The van der Waals surface area contributed by atoms with Crippen LogP contribution in [0, 0.1) is 0 Å². The number of nitrogens with one attached hydrogen (secondary N) is 1. The maximum absolute atomic E-state index is 11.2. The Bertz CT molecular complexity index is 316. The van der Waals surface area contributed by atoms with Crippen molar-refractivity contribution in [3.05, 3.63) is 21.5 Å². The van der Waals surface area contributed by atoms with Gasteiger partial charge in [-0.1, -0.05) is 9.60 Å². The smallest absolute Gasteiger partial charge is 0.264 e. The molecular weight excluding hydrogens is 192 g/mol. The number of nitrogens with zero attached hydrogens (tertiary/aromatic N) is 5. The van der Waals surface area contributed by atoms with E-state index < -0.39 is 0 Å². The molecule has 1 aromatic heterocycles. The summed E-state index contributed by atoms with van der Waals surface area (Å²) in [6.45, 7) is 0.565. The Kier molecular flexibility index (Phi) is 3.68. The van der Waals surface area contributed by atoms with Crippen molar-refractivity contribution in [3.63, 3.8) is 0 Å². The number of azide groups is 1. The Balaban J connectivity index is 2.30. The highest BCUT2D eigenvalue weighted by Gasteiger charge is 2.05. The average Bonchev–Trinajstić information content (AvgIpc) is 2.65. The van der Waals surface area contributed by atoms with Crippen molar-refractivity contribution in [1.82, 2.24) is 14.9 Å². The van der Waals surface area contributed by atoms with Gasteiger partial charge in [-0.3, -0.25) is 4.79 Å². The van der Waals surface area contributed by atoms with Crippen molar-refractivity contribution < 1.29 is 4.79 Å². The minimum atomic E-state index is -0.247. The van der Waals surface area contributed by atoms with Crippen molar-refractivity contribution in [2.75, 3.05) is 13.1 Å². The van der Waals surface area contributed by atoms with Crippen LogP contribution in [-0.4, -0.2) is 28.6 Å². The summed E-state index contributed by atoms with van der Waals surface area (Å²) >= 11 is 1.02. The van der Waals surface area contributed by atoms with Crippen LogP contribution in [0.4, 0.5) is 0 Å². The van der Waals surface area contributed by atoms with Gasteiger partial charge < -0.3 is 5.32 Å². The summed E-state index contributed by atoms with van der Waals surface area (Å²) in [4.78, 5) is 14.1. The first-order valence-electron chi connectivity index (χ1n) is 3.41. The van der Waals surface area contributed by atoms with Crippen LogP contribution in [0.1, 0.15) is 9.67 Å². The molecule has 0 fully saturated rings. The maximum Gasteiger partial charge on any atom is 0.264 e. The number of carbonyl (C=O) groups is 1. The molecule has 68 valence electrons. The maximum atomic E-state index is 11.2. The first-order chi connectivity index (χ1) is 6.34. The molecule has 0 aliphatic heterocycles. The van der Waals surface area contributed by atoms with Gasteiger partial charge in [-0.05, 0) is 17.1 Å². The van der Waals surface area contributed by atoms with Crippen LogP contribution in [0.2, 0.25) is 0 Å². The molecule has 0 aliphatic rings. The van der Waals surface area contributed by atoms with Crippen molar-refractivity contribution in [2.45, 2.75) is 0 Å². The van der Waals surface area contributed by atoms with Gasteiger partial charge in [-0.25, -0.2) is 0 Å². The molecule has 0 spiro atoms. The van der Waals surface area contributed by atoms with E-state index in [9.17, 15) is 4.79 Å². The third kappa shape index (κ3) is 3.06. The van der Waals surface area contributed by atoms with Gasteiger partial charge >= 0.3 is 0 Å². The fourth-order valence-electron chi connectivity index (χ4n) is 0.618. The molecule has 1 N–H and O–H groups in total. The van der Waals surface area contributed by atoms with Crippen molar-refractivity contribution >= 4 is 17.4 Å². The summed E-state index contributed by atoms with van der Waals surface area (Å²) in [5.41, 5.74) is 7.94. The molecule has 0 radical (unpaired) electrons. The van der Waals surface area contributed by atoms with Crippen molar-refractivity contribution in [2.24, 2.45) is 5.11 Å². The highest BCUT2D eigenvalue weighted by atomic mass is 32.1. The summed E-state index contributed by atoms with van der Waals surface area (Å²) in [7, 11) is 0. The molecular formula is C5H6N6OS. The number of carbonyl (C=O) groups excluding carboxylic acids is 1. The SMILES string of the molecule is [N-]=[N+]=NCCNC(=O)c1cnns1. The first-order valence-corrected chi connectivity index (χ1v) is 4.18. The quantitative estimate of drug-likeness (QED) is 0.331. The molecule has 0 unspecified atom stereocenters. The largest absolute Gasteiger partial charge is 0.351 e. The van der Waals surface area contributed by atoms with Crippen LogP contribution in [0.15, 0.2) is 11.3 Å². The lowest BCUT2D eigenvalue weighted by molar-refractivity contribution is 0.0958. The van der Waals surface area contributed by atoms with Crippen molar-refractivity contribution in [1.29, 1.82) is 0 Å². The summed E-state index contributed by atoms with van der Waals surface area (Å²) < 4.78 is 3.54. The normalized spacial score (nSPS) is 8.92. The van der Waals surface area contributed by atoms with E-state index in [1.54, 1.807) is 0 Å². The van der Waals surface area contributed by atoms with Crippen molar-refractivity contribution in [3.8, 4) is 0 Å². The monoisotopic (exact) mass is 198 g/mol. The lowest BCUT2D eigenvalue weighted by atomic mass is 10.5. The van der Waals surface area contributed by atoms with E-state index in [-0.39, 0.29) is 12.5 Å². The second-order valence-electron chi connectivity index (χ2n) is 1.99. The summed E-state index contributed by atoms with van der Waals surface area (Å²) in [5.74, 6) is -0.247. The molecule has 8 heteroatoms. The molecule has 1 amide bonds. The lowest BCUT2D eigenvalue weighted by Crippen LogP contribution is -2.25. The zero-order chi connectivity index (χ0) is 9.52. The number of aromatic nitrogens is 2. The lowest BCUT2D eigenvalue weighted by Gasteiger charge is -1.97. The molecule has 1 aromatic rings. The van der Waals surface area contributed by atoms with Gasteiger partial charge in [0.1, 0.15) is 4.88 Å². The Morgan fingerprint density at radius 1 is 1.85 bits per heavy atom. The number of hydrogen-bond acceptors (Lipinski definition) is 5. The Labute approximate surface area is 77.6 Å². The molecule has 0 atom stereocenters. The predicted molar refractivity (Wildman–Crippen MR) is 46.3 cm³/mol. The van der Waals surface area contributed by atoms with Crippen LogP contribution in [0.25, 0.3) is 10.4 Å². The topological polar surface area (TPSA) is 104 Å². The highest BCUT2D eigenvalue weighted by Crippen LogP contribution is 2.00. The molecule has 0 saturated carbocycles. The molecule has 13 heavy (non-hydrogen) atoms. The second-order valence-corrected chi connectivity index (χ2v) is 2.78. The number of amides is 1. The third-order valence-corrected chi connectivity index (χ3v) is 1.81. The van der Waals surface area contributed by atoms with E-state index in [0.717, 1.165) is 11.5 Å². The van der Waals surface area contributed by atoms with Gasteiger partial charge in [0.15, 0.2) is 0 Å². The fraction of sp³-hybridized carbons (Fsp3) is 0.400. The van der Waals surface area contributed by atoms with Crippen LogP contribution in [0.3, 0.4) is 0 Å². The van der Waals surface area contributed by atoms with Gasteiger partial charge in [0, 0.05) is 18.0 Å². The van der Waals surface area contributed by atoms with E-state index in [2.05, 4.69) is 24.9 Å². The molecule has 1 rings (SSSR count). The van der Waals surface area contributed by atoms with Gasteiger partial charge in [0.25, 0.3) is 5.91 Å². The number of hydrogen-bond donors (Lipinski definition) is 1. The summed E-state index contributed by atoms with van der Waals surface area (Å²) in [6, 6.07) is 0. The average molecular weight is 198 g/mol. The summed E-state index contributed by atoms with van der Waals surface area (Å²) in [6.07, 6.45) is 1.38. The van der Waals surface area contributed by atoms with E-state index in [0.29, 0.717) is 11.4 Å². The minimum Gasteiger partial charge on any atom is -0.351 e. The Hall–Kier alpha value is -1.66. The van der Waals surface area contributed by atoms with Crippen LogP contribution >= 0.6 is 11.5 Å². The summed E-state index contributed by atoms with van der Waals surface area (Å²) in [5, 5.41) is 9.32. The van der Waals surface area contributed by atoms with E-state index in [4.69, 9.17) is 5.53 Å². The van der Waals surface area contributed by atoms with Gasteiger partial charge in [-0.15, -0.1) is 5.10 Å². The molecule has 0 saturated heterocycles. The van der Waals surface area contributed by atoms with E-state index in [1.807, 2.05) is 0 Å². The van der Waals surface area contributed by atoms with Gasteiger partial charge in [0.05, 0.1) is 6.20 Å². The standard InChI is InChI=1S/C5H6N6OS/c6-10-8-2-1-7-5(12)4-3-9-11-13-4/h3H,1-2H2,(H,7,12). The zero-order valence-corrected chi connectivity index (χ0v) is 7.36. The van der Waals surface area contributed by atoms with E-state index >= 15 is 0 Å². The molecule has 0 aromatic carbocycles. The number of rotatable bonds is 4. The molecule has 0 bridgehead atoms. The Morgan fingerprint density at radius 2 is 2.69 bits per heavy atom. The molecule has 0 aliphatic carbocycles. The zero-order valence-electron chi connectivity index (χ0n) is 6.54. The predicted octanol–water partition coefficient (Wildman–Crippen LogP) is 0.578. The second kappa shape index (κ2) is 5.07. The van der Waals surface area contributed by atoms with E-state index in [1.165, 1.54) is 6.20 Å². The minimum absolute atomic E-state index is 0.245.